The van der Waals surface area contributed by atoms with E-state index in [2.05, 4.69) is 33.9 Å². The maximum atomic E-state index is 12.5. The molecule has 4 heteroatoms. The van der Waals surface area contributed by atoms with Crippen molar-refractivity contribution in [2.24, 2.45) is 22.7 Å². The monoisotopic (exact) mass is 370 g/mol. The lowest BCUT2D eigenvalue weighted by atomic mass is 9.46. The summed E-state index contributed by atoms with van der Waals surface area (Å²) in [7, 11) is 0. The quantitative estimate of drug-likeness (QED) is 0.576. The van der Waals surface area contributed by atoms with Gasteiger partial charge in [0.05, 0.1) is 6.61 Å². The Bertz CT molecular complexity index is 795. The largest absolute Gasteiger partial charge is 0.504 e. The predicted molar refractivity (Wildman–Crippen MR) is 105 cm³/mol. The molecule has 3 aliphatic carbocycles. The van der Waals surface area contributed by atoms with E-state index in [1.165, 1.54) is 5.57 Å². The first kappa shape index (κ1) is 19.8. The Morgan fingerprint density at radius 3 is 2.48 bits per heavy atom. The van der Waals surface area contributed by atoms with Crippen LogP contribution in [0, 0.1) is 22.7 Å². The second kappa shape index (κ2) is 6.59. The number of carbonyl (C=O) groups is 2. The van der Waals surface area contributed by atoms with Gasteiger partial charge in [-0.3, -0.25) is 9.59 Å². The van der Waals surface area contributed by atoms with Gasteiger partial charge in [-0.25, -0.2) is 0 Å². The van der Waals surface area contributed by atoms with Gasteiger partial charge in [0.1, 0.15) is 0 Å². The minimum atomic E-state index is -0.646. The van der Waals surface area contributed by atoms with E-state index in [1.807, 2.05) is 0 Å². The third-order valence-corrected chi connectivity index (χ3v) is 7.56. The fraction of sp³-hybridized carbons (Fsp3) is 0.565. The lowest BCUT2D eigenvalue weighted by molar-refractivity contribution is -0.118. The molecule has 0 unspecified atom stereocenters. The first-order valence-corrected chi connectivity index (χ1v) is 9.72. The third-order valence-electron chi connectivity index (χ3n) is 7.56. The summed E-state index contributed by atoms with van der Waals surface area (Å²) in [6, 6.07) is 0. The second-order valence-electron chi connectivity index (χ2n) is 9.19. The summed E-state index contributed by atoms with van der Waals surface area (Å²) in [5.41, 5.74) is 2.43. The fourth-order valence-corrected chi connectivity index (χ4v) is 5.68. The number of aliphatic hydroxyl groups is 2. The SMILES string of the molecule is C=C1CC[C@H]2C(C)(C)C(=C)CC[C@]2(C)[C@H]1CC1=C(O)C(=O)C(CO)=CC1=O. The van der Waals surface area contributed by atoms with Crippen LogP contribution in [0.5, 0.6) is 0 Å². The van der Waals surface area contributed by atoms with Crippen molar-refractivity contribution in [2.75, 3.05) is 6.61 Å². The van der Waals surface area contributed by atoms with Crippen molar-refractivity contribution in [1.29, 1.82) is 0 Å². The number of hydrogen-bond acceptors (Lipinski definition) is 4. The molecule has 0 aliphatic heterocycles. The maximum Gasteiger partial charge on any atom is 0.226 e. The van der Waals surface area contributed by atoms with Gasteiger partial charge in [-0.1, -0.05) is 45.1 Å². The van der Waals surface area contributed by atoms with Crippen LogP contribution in [-0.2, 0) is 9.59 Å². The molecule has 0 aromatic carbocycles. The van der Waals surface area contributed by atoms with Crippen LogP contribution in [0.2, 0.25) is 0 Å². The number of aliphatic hydroxyl groups excluding tert-OH is 2. The van der Waals surface area contributed by atoms with Crippen molar-refractivity contribution >= 4 is 11.6 Å². The molecule has 146 valence electrons. The average molecular weight is 370 g/mol. The Hall–Kier alpha value is -1.94. The van der Waals surface area contributed by atoms with Crippen molar-refractivity contribution in [2.45, 2.75) is 52.9 Å². The van der Waals surface area contributed by atoms with Crippen molar-refractivity contribution in [3.05, 3.63) is 47.3 Å². The van der Waals surface area contributed by atoms with Crippen LogP contribution >= 0.6 is 0 Å². The van der Waals surface area contributed by atoms with E-state index in [9.17, 15) is 19.8 Å². The van der Waals surface area contributed by atoms with Gasteiger partial charge in [0.2, 0.25) is 5.78 Å². The Balaban J connectivity index is 1.97. The summed E-state index contributed by atoms with van der Waals surface area (Å²) in [5.74, 6) is -1.09. The van der Waals surface area contributed by atoms with Crippen molar-refractivity contribution < 1.29 is 19.8 Å². The molecule has 3 atom stereocenters. The van der Waals surface area contributed by atoms with Gasteiger partial charge in [0.15, 0.2) is 11.5 Å². The van der Waals surface area contributed by atoms with Crippen LogP contribution in [-0.4, -0.2) is 28.4 Å². The van der Waals surface area contributed by atoms with Gasteiger partial charge < -0.3 is 10.2 Å². The minimum absolute atomic E-state index is 0.0126. The van der Waals surface area contributed by atoms with Gasteiger partial charge in [0.25, 0.3) is 0 Å². The summed E-state index contributed by atoms with van der Waals surface area (Å²) in [6.45, 7) is 14.8. The van der Waals surface area contributed by atoms with Gasteiger partial charge in [-0.05, 0) is 60.8 Å². The van der Waals surface area contributed by atoms with E-state index in [1.54, 1.807) is 0 Å². The van der Waals surface area contributed by atoms with Crippen molar-refractivity contribution in [3.63, 3.8) is 0 Å². The fourth-order valence-electron chi connectivity index (χ4n) is 5.68. The van der Waals surface area contributed by atoms with Gasteiger partial charge in [-0.2, -0.15) is 0 Å². The smallest absolute Gasteiger partial charge is 0.226 e. The molecular formula is C23H30O4. The second-order valence-corrected chi connectivity index (χ2v) is 9.19. The molecule has 0 aromatic rings. The molecule has 0 heterocycles. The van der Waals surface area contributed by atoms with Gasteiger partial charge in [-0.15, -0.1) is 0 Å². The molecule has 2 fully saturated rings. The number of carbonyl (C=O) groups excluding carboxylic acids is 2. The summed E-state index contributed by atoms with van der Waals surface area (Å²) >= 11 is 0. The first-order valence-electron chi connectivity index (χ1n) is 9.72. The van der Waals surface area contributed by atoms with Gasteiger partial charge >= 0.3 is 0 Å². The number of Topliss-reactive ketones (excluding diaryl/α,β-unsaturated/α-hetero) is 1. The predicted octanol–water partition coefficient (Wildman–Crippen LogP) is 4.22. The van der Waals surface area contributed by atoms with Crippen LogP contribution in [0.1, 0.15) is 52.9 Å². The number of rotatable bonds is 3. The van der Waals surface area contributed by atoms with E-state index < -0.39 is 18.1 Å². The molecule has 4 nitrogen and oxygen atoms in total. The molecule has 0 bridgehead atoms. The molecule has 0 radical (unpaired) electrons. The van der Waals surface area contributed by atoms with Crippen LogP contribution < -0.4 is 0 Å². The summed E-state index contributed by atoms with van der Waals surface area (Å²) in [5, 5.41) is 19.6. The zero-order valence-electron chi connectivity index (χ0n) is 16.6. The van der Waals surface area contributed by atoms with Crippen LogP contribution in [0.15, 0.2) is 47.3 Å². The average Bonchev–Trinajstić information content (AvgIpc) is 2.60. The van der Waals surface area contributed by atoms with E-state index in [4.69, 9.17) is 0 Å². The molecule has 2 N–H and O–H groups in total. The molecule has 0 amide bonds. The van der Waals surface area contributed by atoms with Crippen molar-refractivity contribution in [1.82, 2.24) is 0 Å². The highest BCUT2D eigenvalue weighted by Crippen LogP contribution is 2.63. The molecule has 0 spiro atoms. The van der Waals surface area contributed by atoms with E-state index in [-0.39, 0.29) is 33.7 Å². The summed E-state index contributed by atoms with van der Waals surface area (Å²) in [4.78, 5) is 24.8. The van der Waals surface area contributed by atoms with E-state index in [0.29, 0.717) is 12.3 Å². The molecule has 3 rings (SSSR count). The molecule has 0 aromatic heterocycles. The minimum Gasteiger partial charge on any atom is -0.504 e. The lowest BCUT2D eigenvalue weighted by Crippen LogP contribution is -2.50. The Labute approximate surface area is 161 Å². The maximum absolute atomic E-state index is 12.5. The summed E-state index contributed by atoms with van der Waals surface area (Å²) in [6.07, 6.45) is 5.32. The number of allylic oxidation sites excluding steroid dienone is 5. The Morgan fingerprint density at radius 1 is 1.19 bits per heavy atom. The zero-order valence-corrected chi connectivity index (χ0v) is 16.6. The molecule has 0 saturated heterocycles. The van der Waals surface area contributed by atoms with Crippen LogP contribution in [0.3, 0.4) is 0 Å². The number of hydrogen-bond donors (Lipinski definition) is 2. The van der Waals surface area contributed by atoms with Gasteiger partial charge in [0, 0.05) is 11.1 Å². The van der Waals surface area contributed by atoms with Crippen LogP contribution in [0.4, 0.5) is 0 Å². The normalized spacial score (nSPS) is 33.9. The molecule has 3 aliphatic rings. The van der Waals surface area contributed by atoms with E-state index in [0.717, 1.165) is 37.3 Å². The molecule has 2 saturated carbocycles. The number of ketones is 2. The third kappa shape index (κ3) is 2.94. The lowest BCUT2D eigenvalue weighted by Gasteiger charge is -2.58. The number of fused-ring (bicyclic) bond motifs is 1. The Morgan fingerprint density at radius 2 is 1.85 bits per heavy atom. The zero-order chi connectivity index (χ0) is 20.1. The topological polar surface area (TPSA) is 74.6 Å². The van der Waals surface area contributed by atoms with Crippen molar-refractivity contribution in [3.8, 4) is 0 Å². The summed E-state index contributed by atoms with van der Waals surface area (Å²) < 4.78 is 0. The van der Waals surface area contributed by atoms with E-state index >= 15 is 0 Å². The Kier molecular flexibility index (Phi) is 4.84. The standard InChI is InChI=1S/C23H30O4/c1-13-6-7-19-22(3,4)14(2)8-9-23(19,5)17(13)11-16-18(25)10-15(12-24)20(26)21(16)27/h10,17,19,24,27H,1-2,6-9,11-12H2,3-5H3/t17-,19-,23+/m0/s1. The highest BCUT2D eigenvalue weighted by molar-refractivity contribution is 6.21. The highest BCUT2D eigenvalue weighted by atomic mass is 16.3. The van der Waals surface area contributed by atoms with Crippen LogP contribution in [0.25, 0.3) is 0 Å². The molecule has 27 heavy (non-hydrogen) atoms. The highest BCUT2D eigenvalue weighted by Gasteiger charge is 2.54. The molecular weight excluding hydrogens is 340 g/mol. The first-order chi connectivity index (χ1) is 12.5.